The topological polar surface area (TPSA) is 186 Å². The molecule has 7 rings (SSSR count). The number of ether oxygens (including phenoxy) is 1. The molecular formula is C31H35F3N4O8. The van der Waals surface area contributed by atoms with Gasteiger partial charge in [0.05, 0.1) is 17.3 Å². The van der Waals surface area contributed by atoms with Crippen molar-refractivity contribution in [1.29, 1.82) is 0 Å². The lowest BCUT2D eigenvalue weighted by atomic mass is 9.57. The number of aliphatic hydroxyl groups excluding tert-OH is 2. The third-order valence-corrected chi connectivity index (χ3v) is 11.0. The van der Waals surface area contributed by atoms with E-state index >= 15 is 0 Å². The number of fused-ring (bicyclic) bond motifs is 8. The average molecular weight is 649 g/mol. The minimum absolute atomic E-state index is 0.0365. The number of anilines is 1. The van der Waals surface area contributed by atoms with E-state index in [2.05, 4.69) is 10.2 Å². The minimum atomic E-state index is -5.14. The summed E-state index contributed by atoms with van der Waals surface area (Å²) < 4.78 is 47.2. The van der Waals surface area contributed by atoms with Crippen molar-refractivity contribution in [3.63, 3.8) is 0 Å². The maximum atomic E-state index is 14.2. The lowest BCUT2D eigenvalue weighted by Gasteiger charge is -2.50. The Hall–Kier alpha value is -3.82. The van der Waals surface area contributed by atoms with Crippen LogP contribution in [0.3, 0.4) is 0 Å². The van der Waals surface area contributed by atoms with Crippen LogP contribution in [0.5, 0.6) is 11.5 Å². The van der Waals surface area contributed by atoms with Crippen LogP contribution in [0.25, 0.3) is 5.76 Å². The Bertz CT molecular complexity index is 1650. The van der Waals surface area contributed by atoms with Gasteiger partial charge in [-0.2, -0.15) is 0 Å². The number of phenols is 1. The first-order valence-corrected chi connectivity index (χ1v) is 15.4. The quantitative estimate of drug-likeness (QED) is 0.209. The summed E-state index contributed by atoms with van der Waals surface area (Å²) in [5.41, 5.74) is 0.601. The predicted molar refractivity (Wildman–Crippen MR) is 155 cm³/mol. The van der Waals surface area contributed by atoms with E-state index in [9.17, 15) is 48.0 Å². The summed E-state index contributed by atoms with van der Waals surface area (Å²) in [6.07, 6.45) is -2.16. The fraction of sp³-hybridized carbons (Fsp3) is 0.581. The Morgan fingerprint density at radius 1 is 1.15 bits per heavy atom. The number of carbonyl (C=O) groups excluding carboxylic acids is 3. The number of Topliss-reactive ketones (excluding diaryl/α,β-unsaturated/α-hetero) is 2. The monoisotopic (exact) mass is 648 g/mol. The number of nitrogens with two attached hydrogens (primary N) is 1. The zero-order valence-electron chi connectivity index (χ0n) is 25.1. The molecule has 15 heteroatoms. The molecule has 46 heavy (non-hydrogen) atoms. The van der Waals surface area contributed by atoms with E-state index < -0.39 is 93.1 Å². The van der Waals surface area contributed by atoms with Crippen LogP contribution in [0.1, 0.15) is 54.8 Å². The van der Waals surface area contributed by atoms with Gasteiger partial charge in [0, 0.05) is 41.2 Å². The molecule has 7 N–H and O–H groups in total. The highest BCUT2D eigenvalue weighted by molar-refractivity contribution is 6.24. The minimum Gasteiger partial charge on any atom is -0.508 e. The van der Waals surface area contributed by atoms with Crippen LogP contribution in [0.15, 0.2) is 16.9 Å². The van der Waals surface area contributed by atoms with Crippen molar-refractivity contribution in [2.24, 2.45) is 23.5 Å². The van der Waals surface area contributed by atoms with Gasteiger partial charge in [-0.1, -0.05) is 6.42 Å². The molecule has 0 spiro atoms. The molecule has 3 heterocycles. The molecule has 3 aliphatic heterocycles. The van der Waals surface area contributed by atoms with Gasteiger partial charge in [0.15, 0.2) is 17.1 Å². The number of benzene rings is 1. The maximum Gasteiger partial charge on any atom is 0.573 e. The summed E-state index contributed by atoms with van der Waals surface area (Å²) in [6.45, 7) is 1.03. The summed E-state index contributed by atoms with van der Waals surface area (Å²) in [6, 6.07) is -1.64. The first-order chi connectivity index (χ1) is 21.6. The van der Waals surface area contributed by atoms with E-state index in [4.69, 9.17) is 10.5 Å². The molecule has 1 amide bonds. The van der Waals surface area contributed by atoms with Crippen LogP contribution in [0.4, 0.5) is 18.9 Å². The Labute approximate surface area is 261 Å². The number of nitrogens with zero attached hydrogens (tertiary/aromatic N) is 2. The van der Waals surface area contributed by atoms with Crippen LogP contribution in [0.2, 0.25) is 0 Å². The van der Waals surface area contributed by atoms with E-state index in [0.717, 1.165) is 25.7 Å². The molecular weight excluding hydrogens is 613 g/mol. The first-order valence-electron chi connectivity index (χ1n) is 15.4. The second-order valence-corrected chi connectivity index (χ2v) is 13.5. The van der Waals surface area contributed by atoms with Crippen molar-refractivity contribution >= 4 is 28.9 Å². The number of phenolic OH excluding ortho intramolecular Hbond substituents is 1. The Kier molecular flexibility index (Phi) is 6.76. The predicted octanol–water partition coefficient (Wildman–Crippen LogP) is 2.20. The van der Waals surface area contributed by atoms with Gasteiger partial charge in [-0.15, -0.1) is 13.2 Å². The van der Waals surface area contributed by atoms with Crippen molar-refractivity contribution in [2.45, 2.75) is 68.6 Å². The van der Waals surface area contributed by atoms with Crippen LogP contribution >= 0.6 is 0 Å². The number of hydrogen-bond donors (Lipinski definition) is 6. The molecule has 2 saturated heterocycles. The van der Waals surface area contributed by atoms with Gasteiger partial charge >= 0.3 is 6.36 Å². The number of aromatic hydroxyl groups is 1. The number of likely N-dealkylation sites (N-methyl/N-ethyl adjacent to an activating group) is 1. The van der Waals surface area contributed by atoms with Gasteiger partial charge in [0.25, 0.3) is 5.91 Å². The number of rotatable bonds is 3. The van der Waals surface area contributed by atoms with E-state index in [1.807, 2.05) is 0 Å². The third-order valence-electron chi connectivity index (χ3n) is 11.0. The molecule has 1 aromatic carbocycles. The highest BCUT2D eigenvalue weighted by Crippen LogP contribution is 2.60. The molecule has 3 aliphatic carbocycles. The van der Waals surface area contributed by atoms with E-state index in [-0.39, 0.29) is 41.6 Å². The number of amides is 1. The number of alkyl halides is 3. The van der Waals surface area contributed by atoms with E-state index in [1.54, 1.807) is 0 Å². The van der Waals surface area contributed by atoms with Crippen LogP contribution < -0.4 is 15.8 Å². The summed E-state index contributed by atoms with van der Waals surface area (Å²) in [4.78, 5) is 43.2. The second-order valence-electron chi connectivity index (χ2n) is 13.5. The third kappa shape index (κ3) is 4.06. The van der Waals surface area contributed by atoms with Crippen molar-refractivity contribution in [2.75, 3.05) is 32.5 Å². The number of aliphatic hydroxyl groups is 3. The Balaban J connectivity index is 1.45. The number of piperidine rings is 1. The van der Waals surface area contributed by atoms with Crippen molar-refractivity contribution < 1.29 is 52.7 Å². The fourth-order valence-corrected chi connectivity index (χ4v) is 9.28. The van der Waals surface area contributed by atoms with Crippen molar-refractivity contribution in [1.82, 2.24) is 9.80 Å². The average Bonchev–Trinajstić information content (AvgIpc) is 3.35. The number of ketones is 2. The number of hydrogen-bond acceptors (Lipinski definition) is 11. The molecule has 248 valence electrons. The van der Waals surface area contributed by atoms with Gasteiger partial charge in [0.1, 0.15) is 22.8 Å². The fourth-order valence-electron chi connectivity index (χ4n) is 9.28. The van der Waals surface area contributed by atoms with Crippen LogP contribution in [-0.2, 0) is 20.8 Å². The molecule has 1 saturated carbocycles. The first kappa shape index (κ1) is 30.8. The number of carbonyl (C=O) groups is 3. The molecule has 3 fully saturated rings. The smallest absolute Gasteiger partial charge is 0.508 e. The standard InChI is InChI=1S/C31H35F3N4O8/c1-37(2)22-15-9-11-8-14-17(23(39)16(11)27(42)30(15,45)28(43)19(25(22)41)29(35)44)24(40)20-18(26(14)46-31(32,33)34)21-12(10-36-20)7-13-5-3-4-6-38(13)21/h11-13,15,21-22,36,39-40,43,45H,3-10H2,1-2H3,(H2,35,44)/t11-,12?,13?,15-,21?,22-,30-/m1/s1. The zero-order valence-corrected chi connectivity index (χ0v) is 25.1. The van der Waals surface area contributed by atoms with Crippen LogP contribution in [0, 0.1) is 17.8 Å². The lowest BCUT2D eigenvalue weighted by Crippen LogP contribution is -2.65. The molecule has 0 bridgehead atoms. The number of halogens is 3. The Morgan fingerprint density at radius 2 is 1.87 bits per heavy atom. The summed E-state index contributed by atoms with van der Waals surface area (Å²) >= 11 is 0. The summed E-state index contributed by atoms with van der Waals surface area (Å²) in [5, 5.41) is 49.2. The molecule has 12 nitrogen and oxygen atoms in total. The van der Waals surface area contributed by atoms with Gasteiger partial charge in [-0.05, 0) is 64.6 Å². The highest BCUT2D eigenvalue weighted by atomic mass is 19.4. The molecule has 0 radical (unpaired) electrons. The van der Waals surface area contributed by atoms with Gasteiger partial charge in [-0.25, -0.2) is 0 Å². The van der Waals surface area contributed by atoms with E-state index in [1.165, 1.54) is 19.0 Å². The molecule has 7 atom stereocenters. The van der Waals surface area contributed by atoms with Crippen molar-refractivity contribution in [3.05, 3.63) is 33.6 Å². The van der Waals surface area contributed by atoms with E-state index in [0.29, 0.717) is 13.1 Å². The normalized spacial score (nSPS) is 33.9. The van der Waals surface area contributed by atoms with Gasteiger partial charge in [-0.3, -0.25) is 24.2 Å². The Morgan fingerprint density at radius 3 is 2.52 bits per heavy atom. The molecule has 6 aliphatic rings. The highest BCUT2D eigenvalue weighted by Gasteiger charge is 2.64. The maximum absolute atomic E-state index is 14.2. The molecule has 1 aromatic rings. The van der Waals surface area contributed by atoms with Crippen LogP contribution in [-0.4, -0.2) is 98.9 Å². The zero-order chi connectivity index (χ0) is 33.2. The largest absolute Gasteiger partial charge is 0.573 e. The SMILES string of the molecule is CN(C)[C@H]1C(=O)C(C(N)=O)=C(O)[C@]2(O)C(=O)C3=C(O)c4c(O)c5c(c(OC(F)(F)F)c4C[C@@H]3C[C@H]12)C1C(CN5)CC2CCCCN21. The van der Waals surface area contributed by atoms with Crippen molar-refractivity contribution in [3.8, 4) is 11.5 Å². The molecule has 3 unspecified atom stereocenters. The number of nitrogens with one attached hydrogen (secondary N) is 1. The molecule has 0 aromatic heterocycles. The summed E-state index contributed by atoms with van der Waals surface area (Å²) in [5.74, 6) is -9.24. The van der Waals surface area contributed by atoms with Gasteiger partial charge < -0.3 is 36.2 Å². The second kappa shape index (κ2) is 10.1. The lowest BCUT2D eigenvalue weighted by molar-refractivity contribution is -0.275. The van der Waals surface area contributed by atoms with Gasteiger partial charge in [0.2, 0.25) is 5.78 Å². The number of primary amides is 1. The summed E-state index contributed by atoms with van der Waals surface area (Å²) in [7, 11) is 2.93.